The van der Waals surface area contributed by atoms with Gasteiger partial charge in [0.25, 0.3) is 0 Å². The summed E-state index contributed by atoms with van der Waals surface area (Å²) in [6, 6.07) is 9.29. The van der Waals surface area contributed by atoms with E-state index in [2.05, 4.69) is 11.0 Å². The third-order valence-corrected chi connectivity index (χ3v) is 5.06. The third kappa shape index (κ3) is 3.11. The summed E-state index contributed by atoms with van der Waals surface area (Å²) in [4.78, 5) is 2.66. The molecule has 0 atom stereocenters. The molecule has 0 bridgehead atoms. The summed E-state index contributed by atoms with van der Waals surface area (Å²) in [6.45, 7) is 0. The molecular formula is C18H27NO. The number of phenols is 1. The molecule has 1 N–H and O–H groups in total. The molecule has 2 aliphatic carbocycles. The summed E-state index contributed by atoms with van der Waals surface area (Å²) in [5.74, 6) is 0.402. The molecule has 0 unspecified atom stereocenters. The molecule has 0 aliphatic heterocycles. The minimum atomic E-state index is 0.402. The third-order valence-electron chi connectivity index (χ3n) is 5.06. The zero-order valence-corrected chi connectivity index (χ0v) is 12.4. The Labute approximate surface area is 122 Å². The van der Waals surface area contributed by atoms with Crippen molar-refractivity contribution >= 4 is 5.69 Å². The van der Waals surface area contributed by atoms with E-state index in [4.69, 9.17) is 0 Å². The lowest BCUT2D eigenvalue weighted by Crippen LogP contribution is -2.45. The van der Waals surface area contributed by atoms with Crippen LogP contribution in [0.2, 0.25) is 0 Å². The number of anilines is 1. The summed E-state index contributed by atoms with van der Waals surface area (Å²) in [6.07, 6.45) is 13.6. The molecule has 2 fully saturated rings. The van der Waals surface area contributed by atoms with E-state index >= 15 is 0 Å². The molecule has 2 aliphatic rings. The molecule has 0 aromatic heterocycles. The highest BCUT2D eigenvalue weighted by atomic mass is 16.3. The molecular weight excluding hydrogens is 246 g/mol. The van der Waals surface area contributed by atoms with Gasteiger partial charge in [0, 0.05) is 23.8 Å². The van der Waals surface area contributed by atoms with Gasteiger partial charge in [0.2, 0.25) is 0 Å². The Kier molecular flexibility index (Phi) is 4.49. The van der Waals surface area contributed by atoms with E-state index in [0.29, 0.717) is 17.8 Å². The van der Waals surface area contributed by atoms with Crippen LogP contribution < -0.4 is 4.90 Å². The average Bonchev–Trinajstić information content (AvgIpc) is 2.50. The molecule has 110 valence electrons. The van der Waals surface area contributed by atoms with E-state index in [-0.39, 0.29) is 0 Å². The van der Waals surface area contributed by atoms with Crippen molar-refractivity contribution in [3.05, 3.63) is 24.3 Å². The fraction of sp³-hybridized carbons (Fsp3) is 0.667. The van der Waals surface area contributed by atoms with Crippen LogP contribution in [0, 0.1) is 0 Å². The first kappa shape index (κ1) is 13.8. The van der Waals surface area contributed by atoms with Crippen molar-refractivity contribution in [1.29, 1.82) is 0 Å². The monoisotopic (exact) mass is 273 g/mol. The van der Waals surface area contributed by atoms with Crippen LogP contribution in [0.25, 0.3) is 0 Å². The smallest absolute Gasteiger partial charge is 0.117 e. The second-order valence-electron chi connectivity index (χ2n) is 6.51. The SMILES string of the molecule is Oc1cccc(N(C2CCCCC2)C2CCCCC2)c1. The maximum atomic E-state index is 9.83. The van der Waals surface area contributed by atoms with Gasteiger partial charge in [0.05, 0.1) is 0 Å². The van der Waals surface area contributed by atoms with Gasteiger partial charge in [-0.15, -0.1) is 0 Å². The maximum absolute atomic E-state index is 9.83. The first-order valence-corrected chi connectivity index (χ1v) is 8.42. The molecule has 2 saturated carbocycles. The molecule has 0 heterocycles. The van der Waals surface area contributed by atoms with Gasteiger partial charge in [-0.2, -0.15) is 0 Å². The fourth-order valence-electron chi connectivity index (χ4n) is 4.09. The van der Waals surface area contributed by atoms with Crippen molar-refractivity contribution < 1.29 is 5.11 Å². The van der Waals surface area contributed by atoms with Crippen LogP contribution in [0.3, 0.4) is 0 Å². The fourth-order valence-corrected chi connectivity index (χ4v) is 4.09. The average molecular weight is 273 g/mol. The summed E-state index contributed by atoms with van der Waals surface area (Å²) >= 11 is 0. The van der Waals surface area contributed by atoms with Crippen LogP contribution in [0.5, 0.6) is 5.75 Å². The number of aromatic hydroxyl groups is 1. The Hall–Kier alpha value is -1.18. The molecule has 0 amide bonds. The quantitative estimate of drug-likeness (QED) is 0.849. The highest BCUT2D eigenvalue weighted by Crippen LogP contribution is 2.35. The predicted octanol–water partition coefficient (Wildman–Crippen LogP) is 4.86. The molecule has 2 heteroatoms. The number of benzene rings is 1. The van der Waals surface area contributed by atoms with Crippen LogP contribution in [0.4, 0.5) is 5.69 Å². The molecule has 3 rings (SSSR count). The van der Waals surface area contributed by atoms with Crippen molar-refractivity contribution in [3.8, 4) is 5.75 Å². The van der Waals surface area contributed by atoms with E-state index in [1.807, 2.05) is 12.1 Å². The summed E-state index contributed by atoms with van der Waals surface area (Å²) < 4.78 is 0. The molecule has 20 heavy (non-hydrogen) atoms. The zero-order valence-electron chi connectivity index (χ0n) is 12.4. The van der Waals surface area contributed by atoms with Gasteiger partial charge in [-0.05, 0) is 37.8 Å². The van der Waals surface area contributed by atoms with Crippen LogP contribution in [-0.4, -0.2) is 17.2 Å². The molecule has 0 radical (unpaired) electrons. The Balaban J connectivity index is 1.85. The lowest BCUT2D eigenvalue weighted by molar-refractivity contribution is 0.339. The van der Waals surface area contributed by atoms with Crippen molar-refractivity contribution in [2.24, 2.45) is 0 Å². The summed E-state index contributed by atoms with van der Waals surface area (Å²) in [5.41, 5.74) is 1.24. The standard InChI is InChI=1S/C18H27NO/c20-18-13-7-12-17(14-18)19(15-8-3-1-4-9-15)16-10-5-2-6-11-16/h7,12-16,20H,1-6,8-11H2. The van der Waals surface area contributed by atoms with Crippen LogP contribution in [0.15, 0.2) is 24.3 Å². The Morgan fingerprint density at radius 2 is 1.35 bits per heavy atom. The van der Waals surface area contributed by atoms with Gasteiger partial charge in [-0.1, -0.05) is 44.6 Å². The van der Waals surface area contributed by atoms with E-state index in [1.165, 1.54) is 69.9 Å². The van der Waals surface area contributed by atoms with Crippen LogP contribution in [-0.2, 0) is 0 Å². The number of phenolic OH excluding ortho intramolecular Hbond substituents is 1. The predicted molar refractivity (Wildman–Crippen MR) is 84.3 cm³/mol. The highest BCUT2D eigenvalue weighted by Gasteiger charge is 2.29. The van der Waals surface area contributed by atoms with Crippen molar-refractivity contribution in [3.63, 3.8) is 0 Å². The number of hydrogen-bond acceptors (Lipinski definition) is 2. The Morgan fingerprint density at radius 1 is 0.800 bits per heavy atom. The molecule has 0 spiro atoms. The van der Waals surface area contributed by atoms with E-state index in [0.717, 1.165) is 0 Å². The van der Waals surface area contributed by atoms with Gasteiger partial charge in [0.15, 0.2) is 0 Å². The minimum Gasteiger partial charge on any atom is -0.508 e. The number of rotatable bonds is 3. The van der Waals surface area contributed by atoms with Crippen LogP contribution in [0.1, 0.15) is 64.2 Å². The van der Waals surface area contributed by atoms with Gasteiger partial charge in [0.1, 0.15) is 5.75 Å². The Morgan fingerprint density at radius 3 is 1.85 bits per heavy atom. The largest absolute Gasteiger partial charge is 0.508 e. The molecule has 2 nitrogen and oxygen atoms in total. The van der Waals surface area contributed by atoms with Gasteiger partial charge >= 0.3 is 0 Å². The molecule has 0 saturated heterocycles. The minimum absolute atomic E-state index is 0.402. The van der Waals surface area contributed by atoms with E-state index in [9.17, 15) is 5.11 Å². The molecule has 1 aromatic rings. The lowest BCUT2D eigenvalue weighted by Gasteiger charge is -2.43. The first-order valence-electron chi connectivity index (χ1n) is 8.42. The summed E-state index contributed by atoms with van der Waals surface area (Å²) in [7, 11) is 0. The van der Waals surface area contributed by atoms with Crippen molar-refractivity contribution in [2.45, 2.75) is 76.3 Å². The topological polar surface area (TPSA) is 23.5 Å². The first-order chi connectivity index (χ1) is 9.84. The summed E-state index contributed by atoms with van der Waals surface area (Å²) in [5, 5.41) is 9.83. The second kappa shape index (κ2) is 6.51. The normalized spacial score (nSPS) is 21.8. The lowest BCUT2D eigenvalue weighted by atomic mass is 9.88. The van der Waals surface area contributed by atoms with Crippen LogP contribution >= 0.6 is 0 Å². The zero-order chi connectivity index (χ0) is 13.8. The number of nitrogens with zero attached hydrogens (tertiary/aromatic N) is 1. The van der Waals surface area contributed by atoms with Gasteiger partial charge in [-0.25, -0.2) is 0 Å². The molecule has 1 aromatic carbocycles. The van der Waals surface area contributed by atoms with E-state index in [1.54, 1.807) is 6.07 Å². The van der Waals surface area contributed by atoms with Gasteiger partial charge < -0.3 is 10.0 Å². The highest BCUT2D eigenvalue weighted by molar-refractivity contribution is 5.52. The maximum Gasteiger partial charge on any atom is 0.117 e. The van der Waals surface area contributed by atoms with Crippen molar-refractivity contribution in [2.75, 3.05) is 4.90 Å². The number of hydrogen-bond donors (Lipinski definition) is 1. The second-order valence-corrected chi connectivity index (χ2v) is 6.51. The van der Waals surface area contributed by atoms with E-state index < -0.39 is 0 Å². The van der Waals surface area contributed by atoms with Crippen molar-refractivity contribution in [1.82, 2.24) is 0 Å². The van der Waals surface area contributed by atoms with Gasteiger partial charge in [-0.3, -0.25) is 0 Å². The Bertz CT molecular complexity index is 401.